The van der Waals surface area contributed by atoms with Crippen LogP contribution in [0.2, 0.25) is 0 Å². The molecule has 0 radical (unpaired) electrons. The fraction of sp³-hybridized carbons (Fsp3) is 0.714. The van der Waals surface area contributed by atoms with Gasteiger partial charge in [0.25, 0.3) is 0 Å². The molecule has 1 unspecified atom stereocenters. The summed E-state index contributed by atoms with van der Waals surface area (Å²) >= 11 is 0. The third kappa shape index (κ3) is 2.16. The average Bonchev–Trinajstić information content (AvgIpc) is 2.71. The summed E-state index contributed by atoms with van der Waals surface area (Å²) in [5, 5.41) is 11.0. The van der Waals surface area contributed by atoms with Gasteiger partial charge in [-0.2, -0.15) is 0 Å². The largest absolute Gasteiger partial charge is 0.366 e. The van der Waals surface area contributed by atoms with Crippen LogP contribution in [0.4, 0.5) is 5.82 Å². The van der Waals surface area contributed by atoms with Gasteiger partial charge in [0.1, 0.15) is 0 Å². The average molecular weight is 182 g/mol. The highest BCUT2D eigenvalue weighted by molar-refractivity contribution is 5.29. The first-order valence-corrected chi connectivity index (χ1v) is 4.43. The van der Waals surface area contributed by atoms with Crippen molar-refractivity contribution in [1.82, 2.24) is 25.8 Å². The second-order valence-electron chi connectivity index (χ2n) is 3.22. The highest BCUT2D eigenvalue weighted by atomic mass is 15.4. The molecule has 0 aliphatic carbocycles. The maximum absolute atomic E-state index is 3.93. The number of nitrogens with one attached hydrogen (secondary N) is 3. The van der Waals surface area contributed by atoms with Gasteiger partial charge in [0, 0.05) is 26.2 Å². The summed E-state index contributed by atoms with van der Waals surface area (Å²) in [6.07, 6.45) is 3.01. The molecule has 1 aliphatic rings. The molecule has 3 N–H and O–H groups in total. The van der Waals surface area contributed by atoms with E-state index in [0.29, 0.717) is 6.04 Å². The van der Waals surface area contributed by atoms with Gasteiger partial charge in [-0.05, 0) is 6.42 Å². The second-order valence-corrected chi connectivity index (χ2v) is 3.22. The molecule has 0 bridgehead atoms. The maximum Gasteiger partial charge on any atom is 0.168 e. The van der Waals surface area contributed by atoms with E-state index >= 15 is 0 Å². The van der Waals surface area contributed by atoms with Crippen LogP contribution < -0.4 is 16.2 Å². The van der Waals surface area contributed by atoms with E-state index in [9.17, 15) is 0 Å². The molecular weight excluding hydrogens is 168 g/mol. The van der Waals surface area contributed by atoms with E-state index in [2.05, 4.69) is 26.5 Å². The zero-order valence-corrected chi connectivity index (χ0v) is 7.62. The molecule has 1 fully saturated rings. The monoisotopic (exact) mass is 182 g/mol. The summed E-state index contributed by atoms with van der Waals surface area (Å²) in [4.78, 5) is 0. The van der Waals surface area contributed by atoms with Gasteiger partial charge in [-0.25, -0.2) is 0 Å². The molecule has 13 heavy (non-hydrogen) atoms. The number of aromatic nitrogens is 3. The second kappa shape index (κ2) is 3.71. The number of rotatable bonds is 3. The summed E-state index contributed by atoms with van der Waals surface area (Å²) < 4.78 is 1.68. The van der Waals surface area contributed by atoms with Gasteiger partial charge >= 0.3 is 0 Å². The lowest BCUT2D eigenvalue weighted by atomic mass is 10.2. The Balaban J connectivity index is 1.78. The molecule has 0 spiro atoms. The fourth-order valence-corrected chi connectivity index (χ4v) is 1.34. The SMILES string of the molecule is Cn1cc(NCC2CCNN2)nn1. The Labute approximate surface area is 76.7 Å². The van der Waals surface area contributed by atoms with Crippen LogP contribution in [-0.2, 0) is 7.05 Å². The van der Waals surface area contributed by atoms with Crippen LogP contribution in [-0.4, -0.2) is 34.1 Å². The number of hydrogen-bond donors (Lipinski definition) is 3. The number of hydrazine groups is 1. The van der Waals surface area contributed by atoms with E-state index < -0.39 is 0 Å². The normalized spacial score (nSPS) is 22.1. The summed E-state index contributed by atoms with van der Waals surface area (Å²) in [6.45, 7) is 1.92. The molecule has 72 valence electrons. The zero-order valence-electron chi connectivity index (χ0n) is 7.62. The third-order valence-electron chi connectivity index (χ3n) is 2.06. The quantitative estimate of drug-likeness (QED) is 0.565. The Hall–Kier alpha value is -1.14. The van der Waals surface area contributed by atoms with Gasteiger partial charge in [0.05, 0.1) is 6.20 Å². The first-order valence-electron chi connectivity index (χ1n) is 4.43. The van der Waals surface area contributed by atoms with Gasteiger partial charge in [-0.1, -0.05) is 5.21 Å². The zero-order chi connectivity index (χ0) is 9.10. The van der Waals surface area contributed by atoms with Crippen molar-refractivity contribution in [3.8, 4) is 0 Å². The van der Waals surface area contributed by atoms with E-state index in [1.807, 2.05) is 13.2 Å². The van der Waals surface area contributed by atoms with Crippen LogP contribution in [0.5, 0.6) is 0 Å². The van der Waals surface area contributed by atoms with Gasteiger partial charge < -0.3 is 5.32 Å². The highest BCUT2D eigenvalue weighted by Crippen LogP contribution is 2.01. The molecule has 1 atom stereocenters. The van der Waals surface area contributed by atoms with Gasteiger partial charge in [-0.3, -0.25) is 15.5 Å². The van der Waals surface area contributed by atoms with Crippen LogP contribution in [0, 0.1) is 0 Å². The minimum atomic E-state index is 0.488. The van der Waals surface area contributed by atoms with Crippen molar-refractivity contribution in [2.75, 3.05) is 18.4 Å². The Bertz CT molecular complexity index is 264. The van der Waals surface area contributed by atoms with Crippen LogP contribution in [0.3, 0.4) is 0 Å². The standard InChI is InChI=1S/C7H14N6/c1-13-5-7(11-12-13)8-4-6-2-3-9-10-6/h5-6,8-10H,2-4H2,1H3. The summed E-state index contributed by atoms with van der Waals surface area (Å²) in [5.74, 6) is 0.830. The topological polar surface area (TPSA) is 66.8 Å². The summed E-state index contributed by atoms with van der Waals surface area (Å²) in [6, 6.07) is 0.488. The van der Waals surface area contributed by atoms with Gasteiger partial charge in [-0.15, -0.1) is 5.10 Å². The van der Waals surface area contributed by atoms with Crippen molar-refractivity contribution in [2.45, 2.75) is 12.5 Å². The molecule has 6 nitrogen and oxygen atoms in total. The molecular formula is C7H14N6. The molecule has 1 aromatic heterocycles. The minimum absolute atomic E-state index is 0.488. The van der Waals surface area contributed by atoms with E-state index in [4.69, 9.17) is 0 Å². The Kier molecular flexibility index (Phi) is 2.42. The van der Waals surface area contributed by atoms with Gasteiger partial charge in [0.2, 0.25) is 0 Å². The Morgan fingerprint density at radius 2 is 2.69 bits per heavy atom. The third-order valence-corrected chi connectivity index (χ3v) is 2.06. The lowest BCUT2D eigenvalue weighted by molar-refractivity contribution is 0.574. The van der Waals surface area contributed by atoms with Gasteiger partial charge in [0.15, 0.2) is 5.82 Å². The first-order chi connectivity index (χ1) is 6.34. The molecule has 6 heteroatoms. The van der Waals surface area contributed by atoms with E-state index in [1.165, 1.54) is 0 Å². The molecule has 0 aromatic carbocycles. The number of aryl methyl sites for hydroxylation is 1. The first kappa shape index (κ1) is 8.46. The number of anilines is 1. The van der Waals surface area contributed by atoms with Crippen LogP contribution >= 0.6 is 0 Å². The molecule has 0 saturated carbocycles. The highest BCUT2D eigenvalue weighted by Gasteiger charge is 2.13. The molecule has 2 rings (SSSR count). The van der Waals surface area contributed by atoms with Crippen molar-refractivity contribution < 1.29 is 0 Å². The Morgan fingerprint density at radius 1 is 1.77 bits per heavy atom. The predicted molar refractivity (Wildman–Crippen MR) is 49.0 cm³/mol. The Morgan fingerprint density at radius 3 is 3.31 bits per heavy atom. The lowest BCUT2D eigenvalue weighted by Gasteiger charge is -2.08. The minimum Gasteiger partial charge on any atom is -0.366 e. The fourth-order valence-electron chi connectivity index (χ4n) is 1.34. The van der Waals surface area contributed by atoms with E-state index in [0.717, 1.165) is 25.3 Å². The van der Waals surface area contributed by atoms with Crippen LogP contribution in [0.15, 0.2) is 6.20 Å². The molecule has 1 aliphatic heterocycles. The summed E-state index contributed by atoms with van der Waals surface area (Å²) in [7, 11) is 1.85. The van der Waals surface area contributed by atoms with Crippen molar-refractivity contribution >= 4 is 5.82 Å². The number of hydrogen-bond acceptors (Lipinski definition) is 5. The molecule has 1 aromatic rings. The maximum atomic E-state index is 3.93. The smallest absolute Gasteiger partial charge is 0.168 e. The lowest BCUT2D eigenvalue weighted by Crippen LogP contribution is -2.34. The van der Waals surface area contributed by atoms with Crippen molar-refractivity contribution in [2.24, 2.45) is 7.05 Å². The van der Waals surface area contributed by atoms with Crippen LogP contribution in [0.1, 0.15) is 6.42 Å². The van der Waals surface area contributed by atoms with Crippen molar-refractivity contribution in [1.29, 1.82) is 0 Å². The number of nitrogens with zero attached hydrogens (tertiary/aromatic N) is 3. The van der Waals surface area contributed by atoms with Crippen LogP contribution in [0.25, 0.3) is 0 Å². The van der Waals surface area contributed by atoms with E-state index in [1.54, 1.807) is 4.68 Å². The molecule has 1 saturated heterocycles. The molecule has 2 heterocycles. The van der Waals surface area contributed by atoms with E-state index in [-0.39, 0.29) is 0 Å². The molecule has 0 amide bonds. The summed E-state index contributed by atoms with van der Waals surface area (Å²) in [5.41, 5.74) is 6.25. The van der Waals surface area contributed by atoms with Crippen molar-refractivity contribution in [3.63, 3.8) is 0 Å². The predicted octanol–water partition coefficient (Wildman–Crippen LogP) is -0.906. The van der Waals surface area contributed by atoms with Crippen molar-refractivity contribution in [3.05, 3.63) is 6.20 Å².